The monoisotopic (exact) mass is 188 g/mol. The number of nitrogens with zero attached hydrogens (tertiary/aromatic N) is 1. The van der Waals surface area contributed by atoms with E-state index in [0.29, 0.717) is 5.71 Å². The van der Waals surface area contributed by atoms with Crippen LogP contribution in [0, 0.1) is 5.41 Å². The Hall–Kier alpha value is -1.57. The Morgan fingerprint density at radius 2 is 1.93 bits per heavy atom. The Balaban J connectivity index is 3.13. The van der Waals surface area contributed by atoms with E-state index in [1.165, 1.54) is 0 Å². The minimum Gasteiger partial charge on any atom is -0.145 e. The van der Waals surface area contributed by atoms with Crippen LogP contribution in [0.2, 0.25) is 0 Å². The second-order valence-corrected chi connectivity index (χ2v) is 3.73. The summed E-state index contributed by atoms with van der Waals surface area (Å²) in [6.45, 7) is 7.55. The van der Waals surface area contributed by atoms with Crippen LogP contribution in [-0.2, 0) is 5.21 Å². The molecular formula is C12H14NO. The normalized spacial score (nSPS) is 12.6. The van der Waals surface area contributed by atoms with Crippen molar-refractivity contribution in [2.45, 2.75) is 13.8 Å². The number of rotatable bonds is 3. The first-order valence-corrected chi connectivity index (χ1v) is 4.51. The third-order valence-corrected chi connectivity index (χ3v) is 2.26. The van der Waals surface area contributed by atoms with E-state index in [4.69, 9.17) is 0 Å². The van der Waals surface area contributed by atoms with Gasteiger partial charge in [-0.05, 0) is 5.16 Å². The Labute approximate surface area is 84.6 Å². The van der Waals surface area contributed by atoms with Gasteiger partial charge in [0, 0.05) is 11.0 Å². The molecule has 1 rings (SSSR count). The van der Waals surface area contributed by atoms with Crippen molar-refractivity contribution < 1.29 is 5.21 Å². The highest BCUT2D eigenvalue weighted by Crippen LogP contribution is 2.23. The van der Waals surface area contributed by atoms with Crippen LogP contribution in [0.3, 0.4) is 0 Å². The van der Waals surface area contributed by atoms with Crippen molar-refractivity contribution in [1.82, 2.24) is 0 Å². The molecule has 0 saturated heterocycles. The molecule has 0 bridgehead atoms. The van der Waals surface area contributed by atoms with Gasteiger partial charge in [-0.1, -0.05) is 50.3 Å². The summed E-state index contributed by atoms with van der Waals surface area (Å²) in [5, 5.41) is 13.9. The molecule has 0 amide bonds. The standard InChI is InChI=1S/C12H14NO/c1-4-12(2,3)11(13-14)10-8-6-5-7-9-10/h4-9H,1H2,2-3H3/b13-11-. The van der Waals surface area contributed by atoms with Gasteiger partial charge in [0.25, 0.3) is 0 Å². The predicted octanol–water partition coefficient (Wildman–Crippen LogP) is 3.03. The fourth-order valence-corrected chi connectivity index (χ4v) is 1.24. The van der Waals surface area contributed by atoms with E-state index < -0.39 is 0 Å². The van der Waals surface area contributed by atoms with Crippen molar-refractivity contribution >= 4 is 5.71 Å². The Bertz CT molecular complexity index is 339. The first-order valence-electron chi connectivity index (χ1n) is 4.51. The van der Waals surface area contributed by atoms with E-state index in [9.17, 15) is 5.21 Å². The lowest BCUT2D eigenvalue weighted by atomic mass is 9.84. The van der Waals surface area contributed by atoms with Crippen LogP contribution in [0.4, 0.5) is 0 Å². The average Bonchev–Trinajstić information content (AvgIpc) is 2.20. The second-order valence-electron chi connectivity index (χ2n) is 3.73. The number of allylic oxidation sites excluding steroid dienone is 1. The third kappa shape index (κ3) is 2.02. The summed E-state index contributed by atoms with van der Waals surface area (Å²) in [6.07, 6.45) is 1.73. The molecule has 0 aliphatic heterocycles. The van der Waals surface area contributed by atoms with E-state index in [1.54, 1.807) is 6.08 Å². The molecule has 1 radical (unpaired) electrons. The maximum atomic E-state index is 10.8. The van der Waals surface area contributed by atoms with Crippen molar-refractivity contribution in [2.24, 2.45) is 10.6 Å². The molecule has 2 nitrogen and oxygen atoms in total. The minimum absolute atomic E-state index is 0.386. The summed E-state index contributed by atoms with van der Waals surface area (Å²) in [5.74, 6) is 0. The van der Waals surface area contributed by atoms with E-state index in [-0.39, 0.29) is 5.41 Å². The van der Waals surface area contributed by atoms with Gasteiger partial charge in [0.2, 0.25) is 0 Å². The van der Waals surface area contributed by atoms with E-state index in [2.05, 4.69) is 11.7 Å². The molecule has 0 heterocycles. The molecule has 0 unspecified atom stereocenters. The average molecular weight is 188 g/mol. The molecule has 1 aromatic rings. The highest BCUT2D eigenvalue weighted by molar-refractivity contribution is 6.04. The lowest BCUT2D eigenvalue weighted by molar-refractivity contribution is 0.206. The molecule has 0 saturated carbocycles. The smallest absolute Gasteiger partial charge is 0.101 e. The van der Waals surface area contributed by atoms with Gasteiger partial charge < -0.3 is 0 Å². The maximum absolute atomic E-state index is 10.8. The van der Waals surface area contributed by atoms with Crippen molar-refractivity contribution in [2.75, 3.05) is 0 Å². The maximum Gasteiger partial charge on any atom is 0.101 e. The Morgan fingerprint density at radius 3 is 2.36 bits per heavy atom. The topological polar surface area (TPSA) is 32.3 Å². The summed E-state index contributed by atoms with van der Waals surface area (Å²) in [6, 6.07) is 9.44. The Kier molecular flexibility index (Phi) is 3.07. The lowest BCUT2D eigenvalue weighted by Crippen LogP contribution is -2.22. The molecule has 0 N–H and O–H groups in total. The largest absolute Gasteiger partial charge is 0.145 e. The molecule has 2 heteroatoms. The molecule has 0 aliphatic carbocycles. The van der Waals surface area contributed by atoms with Crippen LogP contribution in [0.1, 0.15) is 19.4 Å². The molecule has 1 aromatic carbocycles. The fraction of sp³-hybridized carbons (Fsp3) is 0.250. The van der Waals surface area contributed by atoms with Crippen LogP contribution in [0.25, 0.3) is 0 Å². The second kappa shape index (κ2) is 4.09. The lowest BCUT2D eigenvalue weighted by Gasteiger charge is -2.20. The van der Waals surface area contributed by atoms with Crippen LogP contribution in [-0.4, -0.2) is 5.71 Å². The number of hydrogen-bond donors (Lipinski definition) is 0. The number of hydrogen-bond acceptors (Lipinski definition) is 1. The summed E-state index contributed by atoms with van der Waals surface area (Å²) in [4.78, 5) is 0. The fourth-order valence-electron chi connectivity index (χ4n) is 1.24. The van der Waals surface area contributed by atoms with Crippen molar-refractivity contribution in [3.63, 3.8) is 0 Å². The van der Waals surface area contributed by atoms with E-state index >= 15 is 0 Å². The van der Waals surface area contributed by atoms with Gasteiger partial charge in [0.05, 0.1) is 0 Å². The van der Waals surface area contributed by atoms with E-state index in [1.807, 2.05) is 44.2 Å². The highest BCUT2D eigenvalue weighted by atomic mass is 16.4. The SMILES string of the molecule is C=CC(C)(C)/C(=N\[O])c1ccccc1. The minimum atomic E-state index is -0.386. The zero-order chi connectivity index (χ0) is 10.6. The quantitative estimate of drug-likeness (QED) is 0.397. The first-order chi connectivity index (χ1) is 6.61. The summed E-state index contributed by atoms with van der Waals surface area (Å²) >= 11 is 0. The van der Waals surface area contributed by atoms with Crippen molar-refractivity contribution in [3.8, 4) is 0 Å². The van der Waals surface area contributed by atoms with Gasteiger partial charge in [0.15, 0.2) is 0 Å². The molecule has 0 spiro atoms. The molecule has 14 heavy (non-hydrogen) atoms. The van der Waals surface area contributed by atoms with Gasteiger partial charge in [-0.25, -0.2) is 0 Å². The van der Waals surface area contributed by atoms with Crippen LogP contribution < -0.4 is 0 Å². The van der Waals surface area contributed by atoms with Crippen LogP contribution >= 0.6 is 0 Å². The molecular weight excluding hydrogens is 174 g/mol. The third-order valence-electron chi connectivity index (χ3n) is 2.26. The molecule has 0 aromatic heterocycles. The summed E-state index contributed by atoms with van der Waals surface area (Å²) in [7, 11) is 0. The van der Waals surface area contributed by atoms with Gasteiger partial charge in [-0.15, -0.1) is 11.8 Å². The van der Waals surface area contributed by atoms with Crippen molar-refractivity contribution in [3.05, 3.63) is 48.6 Å². The van der Waals surface area contributed by atoms with Gasteiger partial charge in [-0.3, -0.25) is 0 Å². The molecule has 73 valence electrons. The van der Waals surface area contributed by atoms with Crippen LogP contribution in [0.15, 0.2) is 48.1 Å². The van der Waals surface area contributed by atoms with Crippen LogP contribution in [0.5, 0.6) is 0 Å². The van der Waals surface area contributed by atoms with Gasteiger partial charge in [0.1, 0.15) is 5.71 Å². The predicted molar refractivity (Wildman–Crippen MR) is 57.6 cm³/mol. The molecule has 0 fully saturated rings. The van der Waals surface area contributed by atoms with Gasteiger partial charge in [-0.2, -0.15) is 0 Å². The molecule has 0 aliphatic rings. The van der Waals surface area contributed by atoms with E-state index in [0.717, 1.165) is 5.56 Å². The Morgan fingerprint density at radius 1 is 1.36 bits per heavy atom. The number of benzene rings is 1. The summed E-state index contributed by atoms with van der Waals surface area (Å²) in [5.41, 5.74) is 0.990. The van der Waals surface area contributed by atoms with Gasteiger partial charge >= 0.3 is 0 Å². The summed E-state index contributed by atoms with van der Waals surface area (Å²) < 4.78 is 0. The highest BCUT2D eigenvalue weighted by Gasteiger charge is 2.23. The van der Waals surface area contributed by atoms with Crippen molar-refractivity contribution in [1.29, 1.82) is 0 Å². The zero-order valence-electron chi connectivity index (χ0n) is 8.53. The molecule has 0 atom stereocenters. The first kappa shape index (κ1) is 10.5. The zero-order valence-corrected chi connectivity index (χ0v) is 8.53.